The smallest absolute Gasteiger partial charge is 0.255 e. The van der Waals surface area contributed by atoms with Gasteiger partial charge in [0.05, 0.1) is 35.3 Å². The lowest BCUT2D eigenvalue weighted by molar-refractivity contribution is -0.154. The van der Waals surface area contributed by atoms with Gasteiger partial charge in [-0.25, -0.2) is 9.99 Å². The van der Waals surface area contributed by atoms with Crippen LogP contribution in [0.25, 0.3) is 0 Å². The van der Waals surface area contributed by atoms with Gasteiger partial charge in [0.25, 0.3) is 11.8 Å². The summed E-state index contributed by atoms with van der Waals surface area (Å²) in [6.07, 6.45) is 5.03. The number of nitrogens with one attached hydrogen (secondary N) is 2. The minimum Gasteiger partial charge on any atom is -0.380 e. The van der Waals surface area contributed by atoms with Crippen LogP contribution in [0.4, 0.5) is 16.5 Å². The first-order valence-corrected chi connectivity index (χ1v) is 14.1. The summed E-state index contributed by atoms with van der Waals surface area (Å²) in [5, 5.41) is 33.8. The lowest BCUT2D eigenvalue weighted by Crippen LogP contribution is -2.51. The van der Waals surface area contributed by atoms with Gasteiger partial charge >= 0.3 is 0 Å². The standard InChI is InChI=1S/C28H33N7O4S/c1-18(19-8-10-21(11-9-19)35-15-5-13-33(35)2)30-26(38)24(36)25(37)27(39)34-14-4-7-23(34)22-17-40-28(32-22)31-20-6-3-12-29-16-20/h3,5-6,8-12,15-18,23-25,36-37H,4,7,13-14H2,1-2H3,(H,30,38)(H,31,32)/t18-,23-,24-,25-/m1/s1. The van der Waals surface area contributed by atoms with Crippen LogP contribution in [-0.2, 0) is 9.59 Å². The predicted octanol–water partition coefficient (Wildman–Crippen LogP) is 2.72. The predicted molar refractivity (Wildman–Crippen MR) is 153 cm³/mol. The zero-order valence-electron chi connectivity index (χ0n) is 22.3. The van der Waals surface area contributed by atoms with Crippen LogP contribution in [0.5, 0.6) is 0 Å². The Labute approximate surface area is 236 Å². The summed E-state index contributed by atoms with van der Waals surface area (Å²) < 4.78 is 0. The van der Waals surface area contributed by atoms with E-state index in [2.05, 4.69) is 31.7 Å². The molecular weight excluding hydrogens is 530 g/mol. The monoisotopic (exact) mass is 563 g/mol. The molecule has 1 aromatic carbocycles. The second-order valence-corrected chi connectivity index (χ2v) is 10.8. The largest absolute Gasteiger partial charge is 0.380 e. The highest BCUT2D eigenvalue weighted by molar-refractivity contribution is 7.13. The summed E-state index contributed by atoms with van der Waals surface area (Å²) in [6.45, 7) is 3.02. The van der Waals surface area contributed by atoms with Crippen molar-refractivity contribution in [1.82, 2.24) is 25.2 Å². The van der Waals surface area contributed by atoms with Gasteiger partial charge in [0.2, 0.25) is 0 Å². The van der Waals surface area contributed by atoms with Crippen LogP contribution in [0, 0.1) is 0 Å². The summed E-state index contributed by atoms with van der Waals surface area (Å²) in [5.41, 5.74) is 3.31. The minimum absolute atomic E-state index is 0.347. The van der Waals surface area contributed by atoms with Crippen molar-refractivity contribution >= 4 is 39.7 Å². The SMILES string of the molecule is C[C@@H](NC(=O)[C@H](O)[C@@H](O)C(=O)N1CCC[C@@H]1c1csc(Nc2cccnc2)n1)c1ccc(N2C=CCN2C)cc1. The Bertz CT molecular complexity index is 1350. The van der Waals surface area contributed by atoms with Gasteiger partial charge in [0.1, 0.15) is 0 Å². The van der Waals surface area contributed by atoms with Crippen LogP contribution in [0.1, 0.15) is 43.1 Å². The fourth-order valence-corrected chi connectivity index (χ4v) is 5.70. The quantitative estimate of drug-likeness (QED) is 0.310. The van der Waals surface area contributed by atoms with Gasteiger partial charge in [-0.1, -0.05) is 18.2 Å². The molecule has 12 heteroatoms. The van der Waals surface area contributed by atoms with E-state index in [1.807, 2.05) is 60.0 Å². The number of rotatable bonds is 9. The first-order chi connectivity index (χ1) is 19.3. The van der Waals surface area contributed by atoms with E-state index in [9.17, 15) is 19.8 Å². The highest BCUT2D eigenvalue weighted by Gasteiger charge is 2.39. The molecule has 2 aliphatic rings. The average molecular weight is 564 g/mol. The lowest BCUT2D eigenvalue weighted by Gasteiger charge is -2.28. The van der Waals surface area contributed by atoms with Crippen LogP contribution in [0.3, 0.4) is 0 Å². The van der Waals surface area contributed by atoms with Crippen molar-refractivity contribution in [2.24, 2.45) is 0 Å². The topological polar surface area (TPSA) is 134 Å². The van der Waals surface area contributed by atoms with E-state index in [-0.39, 0.29) is 6.04 Å². The van der Waals surface area contributed by atoms with E-state index >= 15 is 0 Å². The number of likely N-dealkylation sites (N-methyl/N-ethyl adjacent to an activating group) is 1. The maximum absolute atomic E-state index is 13.2. The molecule has 4 N–H and O–H groups in total. The molecule has 2 aliphatic heterocycles. The van der Waals surface area contributed by atoms with Gasteiger partial charge in [-0.2, -0.15) is 0 Å². The molecule has 4 atom stereocenters. The Balaban J connectivity index is 1.18. The third-order valence-corrected chi connectivity index (χ3v) is 7.91. The number of carbonyl (C=O) groups excluding carboxylic acids is 2. The number of aromatic nitrogens is 2. The second kappa shape index (κ2) is 12.1. The van der Waals surface area contributed by atoms with E-state index in [4.69, 9.17) is 0 Å². The van der Waals surface area contributed by atoms with E-state index in [1.165, 1.54) is 16.2 Å². The first kappa shape index (κ1) is 27.7. The molecule has 0 radical (unpaired) electrons. The Morgan fingerprint density at radius 1 is 1.15 bits per heavy atom. The Morgan fingerprint density at radius 2 is 1.95 bits per heavy atom. The molecule has 0 unspecified atom stereocenters. The van der Waals surface area contributed by atoms with Crippen molar-refractivity contribution in [3.63, 3.8) is 0 Å². The number of aliphatic hydroxyl groups is 2. The molecular formula is C28H33N7O4S. The van der Waals surface area contributed by atoms with Gasteiger partial charge < -0.3 is 25.7 Å². The third kappa shape index (κ3) is 5.99. The number of likely N-dealkylation sites (tertiary alicyclic amines) is 1. The average Bonchev–Trinajstić information content (AvgIpc) is 3.73. The summed E-state index contributed by atoms with van der Waals surface area (Å²) in [5.74, 6) is -1.51. The van der Waals surface area contributed by atoms with Crippen molar-refractivity contribution < 1.29 is 19.8 Å². The van der Waals surface area contributed by atoms with Crippen molar-refractivity contribution in [1.29, 1.82) is 0 Å². The molecule has 1 fully saturated rings. The van der Waals surface area contributed by atoms with Gasteiger partial charge in [0, 0.05) is 37.9 Å². The number of carbonyl (C=O) groups is 2. The summed E-state index contributed by atoms with van der Waals surface area (Å²) in [4.78, 5) is 36.2. The zero-order chi connectivity index (χ0) is 28.2. The highest BCUT2D eigenvalue weighted by Crippen LogP contribution is 2.35. The fraction of sp³-hybridized carbons (Fsp3) is 0.357. The highest BCUT2D eigenvalue weighted by atomic mass is 32.1. The molecule has 5 rings (SSSR count). The number of thiazole rings is 1. The lowest BCUT2D eigenvalue weighted by atomic mass is 10.1. The van der Waals surface area contributed by atoms with Crippen molar-refractivity contribution in [3.8, 4) is 0 Å². The fourth-order valence-electron chi connectivity index (χ4n) is 4.93. The van der Waals surface area contributed by atoms with Gasteiger partial charge in [-0.15, -0.1) is 11.3 Å². The molecule has 210 valence electrons. The summed E-state index contributed by atoms with van der Waals surface area (Å²) in [6, 6.07) is 10.6. The number of aliphatic hydroxyl groups excluding tert-OH is 2. The summed E-state index contributed by atoms with van der Waals surface area (Å²) in [7, 11) is 1.99. The van der Waals surface area contributed by atoms with Crippen molar-refractivity contribution in [2.75, 3.05) is 30.5 Å². The number of nitrogens with zero attached hydrogens (tertiary/aromatic N) is 5. The number of anilines is 3. The Morgan fingerprint density at radius 3 is 2.65 bits per heavy atom. The Kier molecular flexibility index (Phi) is 8.40. The van der Waals surface area contributed by atoms with Gasteiger partial charge in [-0.3, -0.25) is 19.6 Å². The maximum atomic E-state index is 13.2. The molecule has 0 spiro atoms. The number of pyridine rings is 1. The van der Waals surface area contributed by atoms with Gasteiger partial charge in [-0.05, 0) is 49.6 Å². The van der Waals surface area contributed by atoms with Crippen molar-refractivity contribution in [3.05, 3.63) is 77.7 Å². The second-order valence-electron chi connectivity index (χ2n) is 9.91. The normalized spacial score (nSPS) is 19.4. The molecule has 0 saturated carbocycles. The van der Waals surface area contributed by atoms with E-state index in [0.29, 0.717) is 23.8 Å². The van der Waals surface area contributed by atoms with E-state index in [0.717, 1.165) is 29.9 Å². The first-order valence-electron chi connectivity index (χ1n) is 13.2. The molecule has 0 aliphatic carbocycles. The zero-order valence-corrected chi connectivity index (χ0v) is 23.2. The minimum atomic E-state index is -1.91. The molecule has 2 aromatic heterocycles. The molecule has 4 heterocycles. The molecule has 0 bridgehead atoms. The number of hydrazine groups is 1. The summed E-state index contributed by atoms with van der Waals surface area (Å²) >= 11 is 1.41. The number of hydrogen-bond acceptors (Lipinski definition) is 10. The molecule has 1 saturated heterocycles. The van der Waals surface area contributed by atoms with Gasteiger partial charge in [0.15, 0.2) is 17.3 Å². The third-order valence-electron chi connectivity index (χ3n) is 7.13. The van der Waals surface area contributed by atoms with Crippen LogP contribution < -0.4 is 15.6 Å². The Hall–Kier alpha value is -3.84. The van der Waals surface area contributed by atoms with Crippen LogP contribution >= 0.6 is 11.3 Å². The number of benzene rings is 1. The molecule has 2 amide bonds. The van der Waals surface area contributed by atoms with E-state index in [1.54, 1.807) is 19.3 Å². The molecule has 3 aromatic rings. The maximum Gasteiger partial charge on any atom is 0.255 e. The number of amides is 2. The molecule has 40 heavy (non-hydrogen) atoms. The van der Waals surface area contributed by atoms with Crippen LogP contribution in [-0.4, -0.2) is 74.2 Å². The number of hydrogen-bond donors (Lipinski definition) is 4. The van der Waals surface area contributed by atoms with E-state index < -0.39 is 30.1 Å². The van der Waals surface area contributed by atoms with Crippen LogP contribution in [0.2, 0.25) is 0 Å². The van der Waals surface area contributed by atoms with Crippen LogP contribution in [0.15, 0.2) is 66.4 Å². The molecule has 11 nitrogen and oxygen atoms in total. The van der Waals surface area contributed by atoms with Crippen molar-refractivity contribution in [2.45, 2.75) is 44.1 Å².